The van der Waals surface area contributed by atoms with Crippen molar-refractivity contribution in [2.24, 2.45) is 5.73 Å². The Morgan fingerprint density at radius 1 is 1.14 bits per heavy atom. The average molecular weight is 284 g/mol. The summed E-state index contributed by atoms with van der Waals surface area (Å²) in [6, 6.07) is 10.2. The molecule has 2 N–H and O–H groups in total. The molecular weight excluding hydrogens is 264 g/mol. The van der Waals surface area contributed by atoms with Crippen LogP contribution in [0.1, 0.15) is 18.4 Å². The summed E-state index contributed by atoms with van der Waals surface area (Å²) in [6.07, 6.45) is 3.78. The Hall–Kier alpha value is -2.07. The number of carbonyl (C=O) groups is 1. The lowest BCUT2D eigenvalue weighted by Gasteiger charge is -2.31. The van der Waals surface area contributed by atoms with Gasteiger partial charge in [0.25, 0.3) is 0 Å². The molecule has 0 unspecified atom stereocenters. The number of hydrogen-bond donors (Lipinski definition) is 1. The topological polar surface area (TPSA) is 55.6 Å². The summed E-state index contributed by atoms with van der Waals surface area (Å²) in [4.78, 5) is 14.0. The molecule has 0 bridgehead atoms. The van der Waals surface area contributed by atoms with Crippen LogP contribution >= 0.6 is 0 Å². The van der Waals surface area contributed by atoms with Gasteiger partial charge in [-0.1, -0.05) is 30.3 Å². The van der Waals surface area contributed by atoms with Gasteiger partial charge in [0.15, 0.2) is 0 Å². The van der Waals surface area contributed by atoms with Crippen LogP contribution in [0.4, 0.5) is 0 Å². The van der Waals surface area contributed by atoms with Crippen LogP contribution in [0, 0.1) is 0 Å². The van der Waals surface area contributed by atoms with Crippen LogP contribution in [-0.4, -0.2) is 37.1 Å². The highest BCUT2D eigenvalue weighted by molar-refractivity contribution is 5.95. The van der Waals surface area contributed by atoms with E-state index in [2.05, 4.69) is 23.1 Å². The summed E-state index contributed by atoms with van der Waals surface area (Å²) in [5, 5.41) is 0. The zero-order valence-electron chi connectivity index (χ0n) is 12.0. The Morgan fingerprint density at radius 3 is 2.52 bits per heavy atom. The van der Waals surface area contributed by atoms with Crippen molar-refractivity contribution in [3.05, 3.63) is 52.7 Å². The Labute approximate surface area is 124 Å². The van der Waals surface area contributed by atoms with Gasteiger partial charge in [0.1, 0.15) is 0 Å². The van der Waals surface area contributed by atoms with Gasteiger partial charge in [0, 0.05) is 24.4 Å². The van der Waals surface area contributed by atoms with E-state index in [1.54, 1.807) is 0 Å². The Morgan fingerprint density at radius 2 is 1.86 bits per heavy atom. The largest absolute Gasteiger partial charge is 0.378 e. The molecule has 1 saturated heterocycles. The van der Waals surface area contributed by atoms with E-state index in [9.17, 15) is 4.79 Å². The highest BCUT2D eigenvalue weighted by atomic mass is 16.5. The van der Waals surface area contributed by atoms with Crippen LogP contribution in [0.15, 0.2) is 47.2 Å². The third kappa shape index (κ3) is 3.00. The Balaban J connectivity index is 1.96. The lowest BCUT2D eigenvalue weighted by Crippen LogP contribution is -2.36. The molecule has 0 aromatic heterocycles. The number of carbonyl (C=O) groups excluding carboxylic acids is 1. The number of nitrogens with zero attached hydrogens (tertiary/aromatic N) is 1. The van der Waals surface area contributed by atoms with E-state index in [1.165, 1.54) is 5.57 Å². The van der Waals surface area contributed by atoms with Crippen LogP contribution < -0.4 is 5.73 Å². The maximum atomic E-state index is 11.7. The molecule has 1 aliphatic heterocycles. The fourth-order valence-corrected chi connectivity index (χ4v) is 3.00. The van der Waals surface area contributed by atoms with Gasteiger partial charge < -0.3 is 15.4 Å². The number of amides is 1. The summed E-state index contributed by atoms with van der Waals surface area (Å²) in [6.45, 7) is 3.04. The van der Waals surface area contributed by atoms with E-state index in [-0.39, 0.29) is 5.91 Å². The zero-order valence-corrected chi connectivity index (χ0v) is 12.0. The molecule has 0 spiro atoms. The highest BCUT2D eigenvalue weighted by Gasteiger charge is 2.28. The van der Waals surface area contributed by atoms with E-state index < -0.39 is 0 Å². The maximum absolute atomic E-state index is 11.7. The average Bonchev–Trinajstić information content (AvgIpc) is 2.93. The van der Waals surface area contributed by atoms with Gasteiger partial charge in [0.2, 0.25) is 5.91 Å². The second-order valence-corrected chi connectivity index (χ2v) is 5.37. The zero-order chi connectivity index (χ0) is 14.7. The molecular formula is C17H20N2O2. The number of rotatable bonds is 3. The molecule has 4 heteroatoms. The summed E-state index contributed by atoms with van der Waals surface area (Å²) in [5.41, 5.74) is 9.73. The first-order valence-electron chi connectivity index (χ1n) is 7.37. The van der Waals surface area contributed by atoms with Gasteiger partial charge in [-0.2, -0.15) is 0 Å². The first kappa shape index (κ1) is 13.9. The van der Waals surface area contributed by atoms with Crippen LogP contribution in [0.3, 0.4) is 0 Å². The van der Waals surface area contributed by atoms with Gasteiger partial charge in [0.05, 0.1) is 13.2 Å². The summed E-state index contributed by atoms with van der Waals surface area (Å²) in [5.74, 6) is -0.298. The predicted molar refractivity (Wildman–Crippen MR) is 82.3 cm³/mol. The smallest absolute Gasteiger partial charge is 0.246 e. The second-order valence-electron chi connectivity index (χ2n) is 5.37. The van der Waals surface area contributed by atoms with Crippen LogP contribution in [-0.2, 0) is 9.53 Å². The molecule has 0 radical (unpaired) electrons. The number of ether oxygens (including phenoxy) is 1. The van der Waals surface area contributed by atoms with E-state index in [0.29, 0.717) is 13.2 Å². The lowest BCUT2D eigenvalue weighted by molar-refractivity contribution is -0.114. The third-order valence-corrected chi connectivity index (χ3v) is 4.00. The van der Waals surface area contributed by atoms with Crippen LogP contribution in [0.25, 0.3) is 6.08 Å². The molecule has 1 amide bonds. The standard InChI is InChI=1S/C17H20N2O2/c18-17(20)15-7-6-14(12-13-4-2-1-3-5-13)16(15)19-8-10-21-11-9-19/h1-5,12H,6-11H2,(H2,18,20)/b14-12+. The number of hydrogen-bond acceptors (Lipinski definition) is 3. The molecule has 1 aromatic carbocycles. The molecule has 1 aromatic rings. The van der Waals surface area contributed by atoms with E-state index in [1.807, 2.05) is 18.2 Å². The fraction of sp³-hybridized carbons (Fsp3) is 0.353. The van der Waals surface area contributed by atoms with Crippen LogP contribution in [0.2, 0.25) is 0 Å². The molecule has 4 nitrogen and oxygen atoms in total. The number of allylic oxidation sites excluding steroid dienone is 1. The first-order chi connectivity index (χ1) is 10.3. The molecule has 21 heavy (non-hydrogen) atoms. The summed E-state index contributed by atoms with van der Waals surface area (Å²) < 4.78 is 5.41. The van der Waals surface area contributed by atoms with Crippen molar-refractivity contribution in [3.8, 4) is 0 Å². The van der Waals surface area contributed by atoms with Crippen molar-refractivity contribution in [3.63, 3.8) is 0 Å². The number of benzene rings is 1. The molecule has 110 valence electrons. The minimum atomic E-state index is -0.298. The fourth-order valence-electron chi connectivity index (χ4n) is 3.00. The van der Waals surface area contributed by atoms with Crippen LogP contribution in [0.5, 0.6) is 0 Å². The quantitative estimate of drug-likeness (QED) is 0.923. The SMILES string of the molecule is NC(=O)C1=C(N2CCOCC2)/C(=C/c2ccccc2)CC1. The molecule has 2 aliphatic rings. The number of morpholine rings is 1. The molecule has 0 atom stereocenters. The number of primary amides is 1. The van der Waals surface area contributed by atoms with E-state index >= 15 is 0 Å². The van der Waals surface area contributed by atoms with E-state index in [0.717, 1.165) is 42.8 Å². The lowest BCUT2D eigenvalue weighted by atomic mass is 10.1. The monoisotopic (exact) mass is 284 g/mol. The molecule has 1 aliphatic carbocycles. The van der Waals surface area contributed by atoms with Crippen molar-refractivity contribution in [2.75, 3.05) is 26.3 Å². The molecule has 1 heterocycles. The molecule has 1 fully saturated rings. The molecule has 3 rings (SSSR count). The highest BCUT2D eigenvalue weighted by Crippen LogP contribution is 2.35. The van der Waals surface area contributed by atoms with Gasteiger partial charge >= 0.3 is 0 Å². The number of nitrogens with two attached hydrogens (primary N) is 1. The Bertz CT molecular complexity index is 584. The van der Waals surface area contributed by atoms with Crippen molar-refractivity contribution < 1.29 is 9.53 Å². The van der Waals surface area contributed by atoms with Crippen molar-refractivity contribution in [1.29, 1.82) is 0 Å². The summed E-state index contributed by atoms with van der Waals surface area (Å²) in [7, 11) is 0. The van der Waals surface area contributed by atoms with Gasteiger partial charge in [-0.15, -0.1) is 0 Å². The minimum absolute atomic E-state index is 0.298. The minimum Gasteiger partial charge on any atom is -0.378 e. The third-order valence-electron chi connectivity index (χ3n) is 4.00. The predicted octanol–water partition coefficient (Wildman–Crippen LogP) is 1.94. The maximum Gasteiger partial charge on any atom is 0.246 e. The van der Waals surface area contributed by atoms with Crippen molar-refractivity contribution in [1.82, 2.24) is 4.90 Å². The van der Waals surface area contributed by atoms with Gasteiger partial charge in [-0.3, -0.25) is 4.79 Å². The second kappa shape index (κ2) is 6.14. The first-order valence-corrected chi connectivity index (χ1v) is 7.37. The van der Waals surface area contributed by atoms with Gasteiger partial charge in [-0.05, 0) is 30.1 Å². The summed E-state index contributed by atoms with van der Waals surface area (Å²) >= 11 is 0. The molecule has 0 saturated carbocycles. The van der Waals surface area contributed by atoms with Crippen molar-refractivity contribution >= 4 is 12.0 Å². The normalized spacial score (nSPS) is 21.1. The Kier molecular flexibility index (Phi) is 4.06. The van der Waals surface area contributed by atoms with Crippen molar-refractivity contribution in [2.45, 2.75) is 12.8 Å². The van der Waals surface area contributed by atoms with Gasteiger partial charge in [-0.25, -0.2) is 0 Å². The van der Waals surface area contributed by atoms with E-state index in [4.69, 9.17) is 10.5 Å².